The predicted molar refractivity (Wildman–Crippen MR) is 141 cm³/mol. The van der Waals surface area contributed by atoms with Crippen molar-refractivity contribution in [3.8, 4) is 5.75 Å². The Morgan fingerprint density at radius 2 is 1.55 bits per heavy atom. The van der Waals surface area contributed by atoms with E-state index in [0.29, 0.717) is 23.9 Å². The molecule has 0 bridgehead atoms. The fourth-order valence-electron chi connectivity index (χ4n) is 4.30. The molecule has 0 aromatic heterocycles. The number of nitrogens with zero attached hydrogens (tertiary/aromatic N) is 2. The Labute approximate surface area is 230 Å². The number of alkyl halides is 3. The van der Waals surface area contributed by atoms with E-state index in [4.69, 9.17) is 4.74 Å². The number of hydrogen-bond donors (Lipinski definition) is 1. The number of nitrogens with one attached hydrogen (secondary N) is 1. The van der Waals surface area contributed by atoms with Gasteiger partial charge in [-0.15, -0.1) is 0 Å². The van der Waals surface area contributed by atoms with Crippen LogP contribution in [0, 0.1) is 5.82 Å². The van der Waals surface area contributed by atoms with Crippen molar-refractivity contribution < 1.29 is 39.1 Å². The molecule has 3 aromatic carbocycles. The molecule has 3 aromatic rings. The zero-order valence-electron chi connectivity index (χ0n) is 21.4. The van der Waals surface area contributed by atoms with E-state index in [1.54, 1.807) is 17.0 Å². The Bertz CT molecular complexity index is 1560. The van der Waals surface area contributed by atoms with Crippen LogP contribution in [0.2, 0.25) is 0 Å². The molecule has 1 saturated heterocycles. The van der Waals surface area contributed by atoms with Crippen LogP contribution in [0.3, 0.4) is 0 Å². The minimum Gasteiger partial charge on any atom is -0.495 e. The summed E-state index contributed by atoms with van der Waals surface area (Å²) in [5, 5.41) is 0. The first-order valence-electron chi connectivity index (χ1n) is 12.2. The molecule has 1 N–H and O–H groups in total. The van der Waals surface area contributed by atoms with Gasteiger partial charge in [0, 0.05) is 32.7 Å². The van der Waals surface area contributed by atoms with Gasteiger partial charge in [0.15, 0.2) is 0 Å². The van der Waals surface area contributed by atoms with Crippen LogP contribution >= 0.6 is 0 Å². The highest BCUT2D eigenvalue weighted by Gasteiger charge is 2.34. The van der Waals surface area contributed by atoms with Gasteiger partial charge in [0.05, 0.1) is 28.2 Å². The standard InChI is InChI=1S/C26H27F4N3O5S2/c1-38-25-10-9-22(39(34,35)31-12-11-19-5-7-21(27)8-6-19)18-24(25)32-13-15-33(16-14-32)40(36,37)23-4-2-3-20(17-23)26(28,29)30/h2-10,17-18,31H,11-16H2,1H3. The Hall–Kier alpha value is -3.20. The van der Waals surface area contributed by atoms with E-state index in [2.05, 4.69) is 4.72 Å². The third kappa shape index (κ3) is 6.74. The van der Waals surface area contributed by atoms with Crippen LogP contribution in [0.1, 0.15) is 11.1 Å². The predicted octanol–water partition coefficient (Wildman–Crippen LogP) is 3.89. The number of ether oxygens (including phenoxy) is 1. The minimum absolute atomic E-state index is 0.0265. The molecule has 0 unspecified atom stereocenters. The van der Waals surface area contributed by atoms with E-state index in [-0.39, 0.29) is 43.4 Å². The molecule has 0 atom stereocenters. The zero-order valence-corrected chi connectivity index (χ0v) is 23.0. The van der Waals surface area contributed by atoms with Gasteiger partial charge in [-0.1, -0.05) is 18.2 Å². The number of anilines is 1. The number of methoxy groups -OCH3 is 1. The van der Waals surface area contributed by atoms with Crippen LogP contribution in [-0.2, 0) is 32.6 Å². The summed E-state index contributed by atoms with van der Waals surface area (Å²) < 4.78 is 113. The number of hydrogen-bond acceptors (Lipinski definition) is 6. The average Bonchev–Trinajstić information content (AvgIpc) is 2.93. The van der Waals surface area contributed by atoms with E-state index < -0.39 is 36.7 Å². The number of sulfonamides is 2. The van der Waals surface area contributed by atoms with Gasteiger partial charge in [-0.25, -0.2) is 25.9 Å². The monoisotopic (exact) mass is 601 g/mol. The summed E-state index contributed by atoms with van der Waals surface area (Å²) in [6, 6.07) is 13.6. The van der Waals surface area contributed by atoms with Gasteiger partial charge in [-0.3, -0.25) is 0 Å². The first-order chi connectivity index (χ1) is 18.8. The van der Waals surface area contributed by atoms with Crippen LogP contribution in [0.15, 0.2) is 76.5 Å². The summed E-state index contributed by atoms with van der Waals surface area (Å²) in [4.78, 5) is 1.28. The molecule has 0 amide bonds. The fraction of sp³-hybridized carbons (Fsp3) is 0.308. The van der Waals surface area contributed by atoms with Gasteiger partial charge in [-0.2, -0.15) is 17.5 Å². The second-order valence-electron chi connectivity index (χ2n) is 9.02. The lowest BCUT2D eigenvalue weighted by Gasteiger charge is -2.36. The fourth-order valence-corrected chi connectivity index (χ4v) is 6.82. The van der Waals surface area contributed by atoms with Crippen molar-refractivity contribution in [2.75, 3.05) is 44.7 Å². The summed E-state index contributed by atoms with van der Waals surface area (Å²) in [7, 11) is -6.68. The largest absolute Gasteiger partial charge is 0.495 e. The molecule has 4 rings (SSSR count). The Morgan fingerprint density at radius 3 is 2.17 bits per heavy atom. The molecule has 0 spiro atoms. The lowest BCUT2D eigenvalue weighted by atomic mass is 10.1. The maximum absolute atomic E-state index is 13.1. The summed E-state index contributed by atoms with van der Waals surface area (Å²) in [5.41, 5.74) is 0.138. The van der Waals surface area contributed by atoms with Crippen LogP contribution in [0.4, 0.5) is 23.2 Å². The number of halogens is 4. The van der Waals surface area contributed by atoms with Gasteiger partial charge >= 0.3 is 6.18 Å². The lowest BCUT2D eigenvalue weighted by molar-refractivity contribution is -0.137. The normalized spacial score (nSPS) is 15.3. The molecule has 40 heavy (non-hydrogen) atoms. The molecule has 1 aliphatic rings. The smallest absolute Gasteiger partial charge is 0.416 e. The minimum atomic E-state index is -4.68. The SMILES string of the molecule is COc1ccc(S(=O)(=O)NCCc2ccc(F)cc2)cc1N1CCN(S(=O)(=O)c2cccc(C(F)(F)F)c2)CC1. The van der Waals surface area contributed by atoms with E-state index in [0.717, 1.165) is 28.1 Å². The molecule has 1 fully saturated rings. The molecule has 8 nitrogen and oxygen atoms in total. The highest BCUT2D eigenvalue weighted by molar-refractivity contribution is 7.89. The summed E-state index contributed by atoms with van der Waals surface area (Å²) in [5.74, 6) is -0.0105. The second kappa shape index (κ2) is 11.7. The molecule has 0 saturated carbocycles. The van der Waals surface area contributed by atoms with Crippen LogP contribution in [0.5, 0.6) is 5.75 Å². The number of benzene rings is 3. The van der Waals surface area contributed by atoms with Crippen molar-refractivity contribution >= 4 is 25.7 Å². The topological polar surface area (TPSA) is 96.0 Å². The summed E-state index contributed by atoms with van der Waals surface area (Å²) >= 11 is 0. The first-order valence-corrected chi connectivity index (χ1v) is 15.1. The van der Waals surface area contributed by atoms with Crippen LogP contribution in [0.25, 0.3) is 0 Å². The summed E-state index contributed by atoms with van der Waals surface area (Å²) in [6.07, 6.45) is -4.33. The molecule has 1 heterocycles. The number of rotatable bonds is 9. The summed E-state index contributed by atoms with van der Waals surface area (Å²) in [6.45, 7) is 0.316. The van der Waals surface area contributed by atoms with Gasteiger partial charge in [0.2, 0.25) is 20.0 Å². The maximum Gasteiger partial charge on any atom is 0.416 e. The van der Waals surface area contributed by atoms with E-state index in [1.807, 2.05) is 0 Å². The van der Waals surface area contributed by atoms with Crippen molar-refractivity contribution in [1.82, 2.24) is 9.03 Å². The van der Waals surface area contributed by atoms with Crippen LogP contribution < -0.4 is 14.4 Å². The quantitative estimate of drug-likeness (QED) is 0.374. The van der Waals surface area contributed by atoms with Gasteiger partial charge < -0.3 is 9.64 Å². The molecule has 1 aliphatic heterocycles. The van der Waals surface area contributed by atoms with E-state index in [9.17, 15) is 34.4 Å². The first kappa shape index (κ1) is 29.8. The average molecular weight is 602 g/mol. The molecule has 14 heteroatoms. The van der Waals surface area contributed by atoms with Crippen LogP contribution in [-0.4, -0.2) is 61.0 Å². The van der Waals surface area contributed by atoms with E-state index >= 15 is 0 Å². The van der Waals surface area contributed by atoms with Crippen molar-refractivity contribution in [2.24, 2.45) is 0 Å². The highest BCUT2D eigenvalue weighted by atomic mass is 32.2. The van der Waals surface area contributed by atoms with Gasteiger partial charge in [0.1, 0.15) is 11.6 Å². The lowest BCUT2D eigenvalue weighted by Crippen LogP contribution is -2.48. The maximum atomic E-state index is 13.1. The highest BCUT2D eigenvalue weighted by Crippen LogP contribution is 2.34. The molecule has 0 aliphatic carbocycles. The zero-order chi connectivity index (χ0) is 29.1. The van der Waals surface area contributed by atoms with E-state index in [1.165, 1.54) is 37.4 Å². The third-order valence-corrected chi connectivity index (χ3v) is 9.81. The second-order valence-corrected chi connectivity index (χ2v) is 12.7. The molecule has 0 radical (unpaired) electrons. The van der Waals surface area contributed by atoms with Crippen molar-refractivity contribution in [1.29, 1.82) is 0 Å². The number of piperazine rings is 1. The van der Waals surface area contributed by atoms with Crippen molar-refractivity contribution in [2.45, 2.75) is 22.4 Å². The van der Waals surface area contributed by atoms with Crippen molar-refractivity contribution in [3.63, 3.8) is 0 Å². The van der Waals surface area contributed by atoms with Gasteiger partial charge in [0.25, 0.3) is 0 Å². The van der Waals surface area contributed by atoms with Crippen molar-refractivity contribution in [3.05, 3.63) is 83.7 Å². The Morgan fingerprint density at radius 1 is 0.875 bits per heavy atom. The molecular weight excluding hydrogens is 574 g/mol. The molecular formula is C26H27F4N3O5S2. The van der Waals surface area contributed by atoms with Gasteiger partial charge in [-0.05, 0) is 60.5 Å². The Balaban J connectivity index is 1.46. The third-order valence-electron chi connectivity index (χ3n) is 6.46. The Kier molecular flexibility index (Phi) is 8.73. The molecule has 216 valence electrons.